The first-order valence-electron chi connectivity index (χ1n) is 8.98. The fourth-order valence-electron chi connectivity index (χ4n) is 3.49. The zero-order valence-corrected chi connectivity index (χ0v) is 15.0. The maximum atomic E-state index is 12.8. The normalized spacial score (nSPS) is 15.1. The molecule has 138 valence electrons. The Labute approximate surface area is 156 Å². The van der Waals surface area contributed by atoms with E-state index in [-0.39, 0.29) is 6.10 Å². The van der Waals surface area contributed by atoms with Crippen molar-refractivity contribution in [2.75, 3.05) is 13.1 Å². The lowest BCUT2D eigenvalue weighted by atomic mass is 10.0. The number of likely N-dealkylation sites (tertiary alicyclic amines) is 1. The number of aromatic nitrogens is 3. The third kappa shape index (κ3) is 3.40. The van der Waals surface area contributed by atoms with Crippen LogP contribution in [0.5, 0.6) is 6.01 Å². The lowest BCUT2D eigenvalue weighted by molar-refractivity contribution is -0.128. The van der Waals surface area contributed by atoms with E-state index in [0.717, 1.165) is 10.9 Å². The molecule has 0 bridgehead atoms. The summed E-state index contributed by atoms with van der Waals surface area (Å²) in [6.45, 7) is 2.77. The number of hydrogen-bond donors (Lipinski definition) is 1. The van der Waals surface area contributed by atoms with Gasteiger partial charge in [0.05, 0.1) is 5.56 Å². The third-order valence-electron chi connectivity index (χ3n) is 4.86. The molecule has 1 amide bonds. The van der Waals surface area contributed by atoms with Crippen molar-refractivity contribution in [1.29, 1.82) is 0 Å². The van der Waals surface area contributed by atoms with Crippen LogP contribution in [0.3, 0.4) is 0 Å². The third-order valence-corrected chi connectivity index (χ3v) is 4.86. The summed E-state index contributed by atoms with van der Waals surface area (Å²) in [5, 5.41) is 0.785. The molecular formula is C20H20N4O3. The minimum atomic E-state index is -0.462. The molecule has 1 aliphatic heterocycles. The molecule has 0 spiro atoms. The number of carbonyl (C=O) groups is 2. The van der Waals surface area contributed by atoms with Crippen molar-refractivity contribution in [3.63, 3.8) is 0 Å². The van der Waals surface area contributed by atoms with Crippen LogP contribution in [0.1, 0.15) is 28.9 Å². The first-order chi connectivity index (χ1) is 13.1. The van der Waals surface area contributed by atoms with Gasteiger partial charge in [-0.15, -0.1) is 0 Å². The van der Waals surface area contributed by atoms with Crippen molar-refractivity contribution < 1.29 is 14.3 Å². The molecule has 1 aliphatic rings. The molecule has 2 aromatic heterocycles. The van der Waals surface area contributed by atoms with E-state index in [0.29, 0.717) is 43.2 Å². The van der Waals surface area contributed by atoms with Gasteiger partial charge >= 0.3 is 6.01 Å². The standard InChI is InChI=1S/C20H20N4O3/c1-13-17(15-5-2-3-6-16(15)23-13)18(25)19(26)24-11-7-14(8-12-24)27-20-21-9-4-10-22-20/h2-6,9-10,14,23H,7-8,11-12H2,1H3. The van der Waals surface area contributed by atoms with E-state index in [2.05, 4.69) is 15.0 Å². The molecule has 1 saturated heterocycles. The van der Waals surface area contributed by atoms with E-state index in [9.17, 15) is 9.59 Å². The molecule has 27 heavy (non-hydrogen) atoms. The van der Waals surface area contributed by atoms with Crippen molar-refractivity contribution in [2.45, 2.75) is 25.9 Å². The molecule has 0 aliphatic carbocycles. The number of rotatable bonds is 4. The Morgan fingerprint density at radius 3 is 2.56 bits per heavy atom. The van der Waals surface area contributed by atoms with E-state index in [1.165, 1.54) is 0 Å². The number of aromatic amines is 1. The summed E-state index contributed by atoms with van der Waals surface area (Å²) in [5.74, 6) is -0.923. The van der Waals surface area contributed by atoms with Gasteiger partial charge in [-0.25, -0.2) is 9.97 Å². The number of hydrogen-bond acceptors (Lipinski definition) is 5. The molecule has 4 rings (SSSR count). The molecule has 3 heterocycles. The van der Waals surface area contributed by atoms with Gasteiger partial charge in [0.15, 0.2) is 0 Å². The molecule has 0 radical (unpaired) electrons. The van der Waals surface area contributed by atoms with Crippen molar-refractivity contribution in [1.82, 2.24) is 19.9 Å². The monoisotopic (exact) mass is 364 g/mol. The molecule has 0 saturated carbocycles. The number of piperidine rings is 1. The van der Waals surface area contributed by atoms with E-state index in [1.54, 1.807) is 23.4 Å². The number of aryl methyl sites for hydroxylation is 1. The number of para-hydroxylation sites is 1. The van der Waals surface area contributed by atoms with Gasteiger partial charge in [0.25, 0.3) is 11.7 Å². The van der Waals surface area contributed by atoms with Crippen molar-refractivity contribution >= 4 is 22.6 Å². The highest BCUT2D eigenvalue weighted by Crippen LogP contribution is 2.24. The predicted molar refractivity (Wildman–Crippen MR) is 99.6 cm³/mol. The van der Waals surface area contributed by atoms with Crippen LogP contribution in [0.25, 0.3) is 10.9 Å². The molecule has 1 N–H and O–H groups in total. The molecule has 7 heteroatoms. The van der Waals surface area contributed by atoms with Crippen molar-refractivity contribution in [2.24, 2.45) is 0 Å². The first kappa shape index (κ1) is 17.2. The van der Waals surface area contributed by atoms with Crippen LogP contribution < -0.4 is 4.74 Å². The summed E-state index contributed by atoms with van der Waals surface area (Å²) in [5.41, 5.74) is 2.04. The summed E-state index contributed by atoms with van der Waals surface area (Å²) in [4.78, 5) is 38.5. The first-order valence-corrected chi connectivity index (χ1v) is 8.98. The maximum absolute atomic E-state index is 12.8. The number of ketones is 1. The van der Waals surface area contributed by atoms with Crippen LogP contribution in [-0.2, 0) is 4.79 Å². The molecule has 0 atom stereocenters. The van der Waals surface area contributed by atoms with Gasteiger partial charge in [-0.2, -0.15) is 0 Å². The Balaban J connectivity index is 1.43. The second kappa shape index (κ2) is 7.19. The topological polar surface area (TPSA) is 88.2 Å². The molecule has 1 aromatic carbocycles. The van der Waals surface area contributed by atoms with Crippen molar-refractivity contribution in [3.05, 3.63) is 54.0 Å². The summed E-state index contributed by atoms with van der Waals surface area (Å²) in [6, 6.07) is 9.60. The fourth-order valence-corrected chi connectivity index (χ4v) is 3.49. The Morgan fingerprint density at radius 1 is 1.11 bits per heavy atom. The van der Waals surface area contributed by atoms with Crippen LogP contribution in [0.4, 0.5) is 0 Å². The summed E-state index contributed by atoms with van der Waals surface area (Å²) >= 11 is 0. The minimum Gasteiger partial charge on any atom is -0.460 e. The number of amides is 1. The van der Waals surface area contributed by atoms with E-state index < -0.39 is 11.7 Å². The highest BCUT2D eigenvalue weighted by Gasteiger charge is 2.30. The second-order valence-corrected chi connectivity index (χ2v) is 6.64. The van der Waals surface area contributed by atoms with Gasteiger partial charge in [-0.3, -0.25) is 9.59 Å². The zero-order chi connectivity index (χ0) is 18.8. The summed E-state index contributed by atoms with van der Waals surface area (Å²) < 4.78 is 5.74. The lowest BCUT2D eigenvalue weighted by Gasteiger charge is -2.31. The zero-order valence-electron chi connectivity index (χ0n) is 15.0. The second-order valence-electron chi connectivity index (χ2n) is 6.64. The Bertz CT molecular complexity index is 975. The van der Waals surface area contributed by atoms with E-state index in [1.807, 2.05) is 31.2 Å². The Hall–Kier alpha value is -3.22. The highest BCUT2D eigenvalue weighted by molar-refractivity contribution is 6.45. The van der Waals surface area contributed by atoms with E-state index >= 15 is 0 Å². The van der Waals surface area contributed by atoms with Crippen LogP contribution in [0.15, 0.2) is 42.7 Å². The van der Waals surface area contributed by atoms with Gasteiger partial charge in [0, 0.05) is 54.9 Å². The number of carbonyl (C=O) groups excluding carboxylic acids is 2. The van der Waals surface area contributed by atoms with Crippen LogP contribution in [0.2, 0.25) is 0 Å². The fraction of sp³-hybridized carbons (Fsp3) is 0.300. The number of H-pyrrole nitrogens is 1. The van der Waals surface area contributed by atoms with Gasteiger partial charge in [-0.1, -0.05) is 18.2 Å². The molecule has 1 fully saturated rings. The number of Topliss-reactive ketones (excluding diaryl/α,β-unsaturated/α-hetero) is 1. The number of benzene rings is 1. The van der Waals surface area contributed by atoms with Crippen LogP contribution in [-0.4, -0.2) is 50.7 Å². The largest absolute Gasteiger partial charge is 0.460 e. The van der Waals surface area contributed by atoms with Gasteiger partial charge in [0.2, 0.25) is 0 Å². The van der Waals surface area contributed by atoms with Crippen LogP contribution >= 0.6 is 0 Å². The Kier molecular flexibility index (Phi) is 4.58. The summed E-state index contributed by atoms with van der Waals surface area (Å²) in [6.07, 6.45) is 4.49. The number of ether oxygens (including phenoxy) is 1. The average Bonchev–Trinajstić information content (AvgIpc) is 3.04. The van der Waals surface area contributed by atoms with Gasteiger partial charge < -0.3 is 14.6 Å². The molecular weight excluding hydrogens is 344 g/mol. The highest BCUT2D eigenvalue weighted by atomic mass is 16.5. The van der Waals surface area contributed by atoms with E-state index in [4.69, 9.17) is 4.74 Å². The van der Waals surface area contributed by atoms with Gasteiger partial charge in [0.1, 0.15) is 6.10 Å². The molecule has 3 aromatic rings. The van der Waals surface area contributed by atoms with Crippen LogP contribution in [0, 0.1) is 6.92 Å². The molecule has 7 nitrogen and oxygen atoms in total. The van der Waals surface area contributed by atoms with Crippen molar-refractivity contribution in [3.8, 4) is 6.01 Å². The van der Waals surface area contributed by atoms with Gasteiger partial charge in [-0.05, 0) is 19.1 Å². The maximum Gasteiger partial charge on any atom is 0.316 e. The smallest absolute Gasteiger partial charge is 0.316 e. The lowest BCUT2D eigenvalue weighted by Crippen LogP contribution is -2.44. The minimum absolute atomic E-state index is 0.0543. The molecule has 0 unspecified atom stereocenters. The SMILES string of the molecule is Cc1[nH]c2ccccc2c1C(=O)C(=O)N1CCC(Oc2ncccn2)CC1. The number of fused-ring (bicyclic) bond motifs is 1. The number of nitrogens with one attached hydrogen (secondary N) is 1. The average molecular weight is 364 g/mol. The predicted octanol–water partition coefficient (Wildman–Crippen LogP) is 2.52. The summed E-state index contributed by atoms with van der Waals surface area (Å²) in [7, 11) is 0. The quantitative estimate of drug-likeness (QED) is 0.568. The Morgan fingerprint density at radius 2 is 1.81 bits per heavy atom. The number of nitrogens with zero attached hydrogens (tertiary/aromatic N) is 3.